The zero-order valence-electron chi connectivity index (χ0n) is 17.5. The molecule has 4 aromatic rings. The number of alkyl halides is 3. The molecule has 0 aliphatic carbocycles. The van der Waals surface area contributed by atoms with E-state index in [-0.39, 0.29) is 6.60 Å². The second kappa shape index (κ2) is 8.60. The third kappa shape index (κ3) is 4.23. The van der Waals surface area contributed by atoms with Gasteiger partial charge < -0.3 is 14.6 Å². The van der Waals surface area contributed by atoms with Crippen molar-refractivity contribution in [3.8, 4) is 5.75 Å². The monoisotopic (exact) mass is 506 g/mol. The largest absolute Gasteiger partial charge is 0.432 e. The molecule has 1 N–H and O–H groups in total. The molecule has 5 rings (SSSR count). The minimum absolute atomic E-state index is 0. The average Bonchev–Trinajstić information content (AvgIpc) is 3.17. The molecule has 1 atom stereocenters. The minimum atomic E-state index is -4.44. The van der Waals surface area contributed by atoms with Gasteiger partial charge in [0.2, 0.25) is 0 Å². The lowest BCUT2D eigenvalue weighted by atomic mass is 9.92. The number of thiocarbonyl (C=S) groups is 1. The lowest BCUT2D eigenvalue weighted by molar-refractivity contribution is -0.137. The van der Waals surface area contributed by atoms with Crippen molar-refractivity contribution in [1.29, 1.82) is 0 Å². The Balaban J connectivity index is 0.00000289. The Morgan fingerprint density at radius 2 is 1.76 bits per heavy atom. The number of aromatic amines is 1. The first-order valence-electron chi connectivity index (χ1n) is 10.4. The molecule has 0 bridgehead atoms. The van der Waals surface area contributed by atoms with Gasteiger partial charge in [-0.15, -0.1) is 0 Å². The number of hydrogen-bond acceptors (Lipinski definition) is 2. The molecule has 3 aromatic carbocycles. The highest BCUT2D eigenvalue weighted by Crippen LogP contribution is 2.40. The molecule has 1 aromatic heterocycles. The molecular weight excluding hydrogens is 488 g/mol. The molecule has 3 nitrogen and oxygen atoms in total. The Morgan fingerprint density at radius 1 is 1.06 bits per heavy atom. The SMILES string of the molecule is Fc1ccc(OC(=S)N2CCc3c([nH]c4ccc(Cl)cc34)C2c2ccc(C(F)(F)F)cc2)cc1.[HH]. The number of H-pyrrole nitrogens is 1. The first-order chi connectivity index (χ1) is 16.2. The van der Waals surface area contributed by atoms with Gasteiger partial charge in [-0.1, -0.05) is 23.7 Å². The zero-order valence-corrected chi connectivity index (χ0v) is 19.1. The topological polar surface area (TPSA) is 28.3 Å². The van der Waals surface area contributed by atoms with E-state index in [9.17, 15) is 17.6 Å². The van der Waals surface area contributed by atoms with Gasteiger partial charge in [-0.05, 0) is 84.4 Å². The van der Waals surface area contributed by atoms with Crippen molar-refractivity contribution in [2.24, 2.45) is 0 Å². The molecular formula is C25H19ClF4N2OS. The van der Waals surface area contributed by atoms with Crippen LogP contribution in [-0.4, -0.2) is 21.6 Å². The smallest absolute Gasteiger partial charge is 0.416 e. The van der Waals surface area contributed by atoms with Gasteiger partial charge in [-0.25, -0.2) is 4.39 Å². The van der Waals surface area contributed by atoms with E-state index in [2.05, 4.69) is 4.98 Å². The van der Waals surface area contributed by atoms with E-state index >= 15 is 0 Å². The summed E-state index contributed by atoms with van der Waals surface area (Å²) in [5.74, 6) is -0.0351. The van der Waals surface area contributed by atoms with Gasteiger partial charge in [0, 0.05) is 29.6 Å². The molecule has 1 aliphatic rings. The van der Waals surface area contributed by atoms with Crippen LogP contribution < -0.4 is 4.74 Å². The lowest BCUT2D eigenvalue weighted by Crippen LogP contribution is -2.42. The van der Waals surface area contributed by atoms with E-state index in [0.29, 0.717) is 29.3 Å². The number of ether oxygens (including phenoxy) is 1. The van der Waals surface area contributed by atoms with Crippen molar-refractivity contribution >= 4 is 39.9 Å². The normalized spacial score (nSPS) is 15.9. The average molecular weight is 507 g/mol. The molecule has 176 valence electrons. The Bertz CT molecular complexity index is 1370. The number of benzene rings is 3. The first kappa shape index (κ1) is 22.7. The van der Waals surface area contributed by atoms with Crippen molar-refractivity contribution in [2.75, 3.05) is 6.54 Å². The Labute approximate surface area is 204 Å². The van der Waals surface area contributed by atoms with Crippen molar-refractivity contribution in [2.45, 2.75) is 18.6 Å². The second-order valence-corrected chi connectivity index (χ2v) is 8.78. The maximum absolute atomic E-state index is 13.3. The molecule has 0 saturated carbocycles. The summed E-state index contributed by atoms with van der Waals surface area (Å²) in [4.78, 5) is 5.23. The summed E-state index contributed by atoms with van der Waals surface area (Å²) < 4.78 is 58.6. The van der Waals surface area contributed by atoms with E-state index < -0.39 is 23.6 Å². The molecule has 0 radical (unpaired) electrons. The molecule has 9 heteroatoms. The van der Waals surface area contributed by atoms with Crippen LogP contribution in [0.1, 0.15) is 29.9 Å². The summed E-state index contributed by atoms with van der Waals surface area (Å²) in [6, 6.07) is 15.5. The van der Waals surface area contributed by atoms with Crippen molar-refractivity contribution in [3.05, 3.63) is 100.0 Å². The fraction of sp³-hybridized carbons (Fsp3) is 0.160. The van der Waals surface area contributed by atoms with Crippen LogP contribution in [0.25, 0.3) is 10.9 Å². The minimum Gasteiger partial charge on any atom is -0.432 e. The van der Waals surface area contributed by atoms with Crippen LogP contribution in [0, 0.1) is 5.82 Å². The maximum atomic E-state index is 13.3. The molecule has 0 amide bonds. The third-order valence-electron chi connectivity index (χ3n) is 5.90. The summed E-state index contributed by atoms with van der Waals surface area (Å²) >= 11 is 11.8. The van der Waals surface area contributed by atoms with Crippen molar-refractivity contribution in [3.63, 3.8) is 0 Å². The number of halogens is 5. The van der Waals surface area contributed by atoms with Gasteiger partial charge in [-0.2, -0.15) is 13.2 Å². The van der Waals surface area contributed by atoms with Gasteiger partial charge in [0.25, 0.3) is 5.17 Å². The number of rotatable bonds is 2. The van der Waals surface area contributed by atoms with Crippen molar-refractivity contribution in [1.82, 2.24) is 9.88 Å². The van der Waals surface area contributed by atoms with E-state index in [0.717, 1.165) is 34.3 Å². The van der Waals surface area contributed by atoms with Crippen LogP contribution >= 0.6 is 23.8 Å². The fourth-order valence-corrected chi connectivity index (χ4v) is 4.79. The predicted octanol–water partition coefficient (Wildman–Crippen LogP) is 7.54. The zero-order chi connectivity index (χ0) is 24.0. The van der Waals surface area contributed by atoms with Crippen molar-refractivity contribution < 1.29 is 23.7 Å². The summed E-state index contributed by atoms with van der Waals surface area (Å²) in [6.07, 6.45) is -3.81. The molecule has 1 aliphatic heterocycles. The standard InChI is InChI=1S/C25H17ClF4N2OS.H2/c26-16-5-10-21-20(13-16)19-11-12-32(24(34)33-18-8-6-17(27)7-9-18)23(22(19)31-21)14-1-3-15(4-2-14)25(28,29)30;/h1-10,13,23,31H,11-12H2;1H. The quantitative estimate of drug-likeness (QED) is 0.225. The summed E-state index contributed by atoms with van der Waals surface area (Å²) in [7, 11) is 0. The fourth-order valence-electron chi connectivity index (χ4n) is 4.32. The number of hydrogen-bond donors (Lipinski definition) is 1. The highest BCUT2D eigenvalue weighted by molar-refractivity contribution is 7.80. The molecule has 0 spiro atoms. The summed E-state index contributed by atoms with van der Waals surface area (Å²) in [6.45, 7) is 0.470. The molecule has 2 heterocycles. The molecule has 0 saturated heterocycles. The van der Waals surface area contributed by atoms with Gasteiger partial charge in [-0.3, -0.25) is 0 Å². The van der Waals surface area contributed by atoms with E-state index in [1.54, 1.807) is 6.07 Å². The molecule has 1 unspecified atom stereocenters. The van der Waals surface area contributed by atoms with Gasteiger partial charge in [0.1, 0.15) is 11.6 Å². The Morgan fingerprint density at radius 3 is 2.44 bits per heavy atom. The Hall–Kier alpha value is -3.10. The predicted molar refractivity (Wildman–Crippen MR) is 129 cm³/mol. The number of aromatic nitrogens is 1. The van der Waals surface area contributed by atoms with Crippen LogP contribution in [0.15, 0.2) is 66.7 Å². The van der Waals surface area contributed by atoms with Gasteiger partial charge in [0.05, 0.1) is 11.6 Å². The maximum Gasteiger partial charge on any atom is 0.416 e. The van der Waals surface area contributed by atoms with E-state index in [1.165, 1.54) is 36.4 Å². The summed E-state index contributed by atoms with van der Waals surface area (Å²) in [5.41, 5.74) is 2.61. The van der Waals surface area contributed by atoms with Crippen LogP contribution in [-0.2, 0) is 12.6 Å². The lowest BCUT2D eigenvalue weighted by Gasteiger charge is -2.37. The molecule has 0 fully saturated rings. The van der Waals surface area contributed by atoms with Gasteiger partial charge in [0.15, 0.2) is 0 Å². The van der Waals surface area contributed by atoms with E-state index in [4.69, 9.17) is 28.6 Å². The van der Waals surface area contributed by atoms with Crippen LogP contribution in [0.2, 0.25) is 5.02 Å². The first-order valence-corrected chi connectivity index (χ1v) is 11.2. The highest BCUT2D eigenvalue weighted by Gasteiger charge is 2.35. The second-order valence-electron chi connectivity index (χ2n) is 7.99. The van der Waals surface area contributed by atoms with Crippen LogP contribution in [0.5, 0.6) is 5.75 Å². The van der Waals surface area contributed by atoms with Crippen LogP contribution in [0.4, 0.5) is 17.6 Å². The van der Waals surface area contributed by atoms with E-state index in [1.807, 2.05) is 17.0 Å². The summed E-state index contributed by atoms with van der Waals surface area (Å²) in [5, 5.41) is 1.70. The molecule has 34 heavy (non-hydrogen) atoms. The van der Waals surface area contributed by atoms with Crippen LogP contribution in [0.3, 0.4) is 0 Å². The number of fused-ring (bicyclic) bond motifs is 3. The van der Waals surface area contributed by atoms with Gasteiger partial charge >= 0.3 is 6.18 Å². The highest BCUT2D eigenvalue weighted by atomic mass is 35.5. The Kier molecular flexibility index (Phi) is 5.73. The third-order valence-corrected chi connectivity index (χ3v) is 6.45. The number of nitrogens with one attached hydrogen (secondary N) is 1. The number of nitrogens with zero attached hydrogens (tertiary/aromatic N) is 1.